The summed E-state index contributed by atoms with van der Waals surface area (Å²) in [5.41, 5.74) is 7.47. The quantitative estimate of drug-likeness (QED) is 0.284. The van der Waals surface area contributed by atoms with Crippen molar-refractivity contribution in [3.8, 4) is 0 Å². The molecule has 0 radical (unpaired) electrons. The molecule has 0 unspecified atom stereocenters. The fraction of sp³-hybridized carbons (Fsp3) is 0.190. The molecule has 0 spiro atoms. The van der Waals surface area contributed by atoms with Crippen LogP contribution in [0.5, 0.6) is 0 Å². The van der Waals surface area contributed by atoms with Crippen LogP contribution in [-0.2, 0) is 16.1 Å². The largest absolute Gasteiger partial charge is 0.481 e. The first-order chi connectivity index (χ1) is 15.2. The lowest BCUT2D eigenvalue weighted by atomic mass is 10.1. The normalized spacial score (nSPS) is 11.6. The summed E-state index contributed by atoms with van der Waals surface area (Å²) in [5.74, 6) is -3.01. The van der Waals surface area contributed by atoms with Crippen molar-refractivity contribution in [3.63, 3.8) is 0 Å². The third-order valence-corrected chi connectivity index (χ3v) is 4.68. The summed E-state index contributed by atoms with van der Waals surface area (Å²) < 4.78 is 0. The molecule has 7 N–H and O–H groups in total. The van der Waals surface area contributed by atoms with Gasteiger partial charge in [0.05, 0.1) is 10.9 Å². The third-order valence-electron chi connectivity index (χ3n) is 4.68. The van der Waals surface area contributed by atoms with Gasteiger partial charge in [0, 0.05) is 24.2 Å². The summed E-state index contributed by atoms with van der Waals surface area (Å²) in [6.07, 6.45) is -0.586. The fourth-order valence-electron chi connectivity index (χ4n) is 3.02. The number of benzene rings is 2. The van der Waals surface area contributed by atoms with E-state index >= 15 is 0 Å². The van der Waals surface area contributed by atoms with E-state index in [2.05, 4.69) is 20.6 Å². The smallest absolute Gasteiger partial charge is 0.326 e. The molecule has 11 nitrogen and oxygen atoms in total. The molecule has 1 heterocycles. The lowest BCUT2D eigenvalue weighted by Crippen LogP contribution is -2.41. The molecular weight excluding hydrogens is 418 g/mol. The number of carbonyl (C=O) groups excluding carboxylic acids is 1. The number of aliphatic carboxylic acids is 2. The van der Waals surface area contributed by atoms with Gasteiger partial charge in [-0.3, -0.25) is 19.4 Å². The topological polar surface area (TPSA) is 187 Å². The Hall–Kier alpha value is -4.41. The van der Waals surface area contributed by atoms with Crippen LogP contribution in [0.15, 0.2) is 47.3 Å². The summed E-state index contributed by atoms with van der Waals surface area (Å²) in [6, 6.07) is 10.3. The van der Waals surface area contributed by atoms with Crippen LogP contribution in [0.25, 0.3) is 10.9 Å². The van der Waals surface area contributed by atoms with E-state index in [-0.39, 0.29) is 29.9 Å². The molecule has 2 aromatic carbocycles. The van der Waals surface area contributed by atoms with E-state index in [4.69, 9.17) is 15.9 Å². The van der Waals surface area contributed by atoms with E-state index in [1.165, 1.54) is 12.1 Å². The van der Waals surface area contributed by atoms with E-state index in [0.717, 1.165) is 5.56 Å². The van der Waals surface area contributed by atoms with Crippen LogP contribution < -0.4 is 21.9 Å². The molecule has 0 saturated carbocycles. The van der Waals surface area contributed by atoms with Crippen LogP contribution in [-0.4, -0.2) is 44.1 Å². The Morgan fingerprint density at radius 2 is 1.81 bits per heavy atom. The summed E-state index contributed by atoms with van der Waals surface area (Å²) in [4.78, 5) is 52.7. The van der Waals surface area contributed by atoms with Crippen LogP contribution in [0.2, 0.25) is 0 Å². The minimum atomic E-state index is -1.30. The van der Waals surface area contributed by atoms with Crippen LogP contribution in [0.1, 0.15) is 28.8 Å². The zero-order valence-electron chi connectivity index (χ0n) is 16.8. The highest BCUT2D eigenvalue weighted by Gasteiger charge is 2.21. The molecule has 0 aliphatic heterocycles. The second-order valence-electron chi connectivity index (χ2n) is 7.03. The van der Waals surface area contributed by atoms with Gasteiger partial charge < -0.3 is 26.6 Å². The van der Waals surface area contributed by atoms with E-state index in [9.17, 15) is 19.2 Å². The number of carboxylic acid groups (broad SMARTS) is 2. The van der Waals surface area contributed by atoms with Crippen molar-refractivity contribution in [1.29, 1.82) is 0 Å². The van der Waals surface area contributed by atoms with Gasteiger partial charge in [-0.15, -0.1) is 0 Å². The van der Waals surface area contributed by atoms with Crippen LogP contribution in [0, 0.1) is 0 Å². The van der Waals surface area contributed by atoms with Crippen LogP contribution in [0.3, 0.4) is 0 Å². The first-order valence-corrected chi connectivity index (χ1v) is 9.61. The second-order valence-corrected chi connectivity index (χ2v) is 7.03. The Kier molecular flexibility index (Phi) is 6.68. The number of aromatic nitrogens is 2. The maximum atomic E-state index is 12.3. The Balaban J connectivity index is 1.62. The number of carbonyl (C=O) groups is 3. The third kappa shape index (κ3) is 5.59. The number of aromatic amines is 1. The lowest BCUT2D eigenvalue weighted by Gasteiger charge is -2.14. The summed E-state index contributed by atoms with van der Waals surface area (Å²) >= 11 is 0. The highest BCUT2D eigenvalue weighted by atomic mass is 16.4. The lowest BCUT2D eigenvalue weighted by molar-refractivity contribution is -0.140. The van der Waals surface area contributed by atoms with Gasteiger partial charge in [0.15, 0.2) is 0 Å². The maximum Gasteiger partial charge on any atom is 0.326 e. The van der Waals surface area contributed by atoms with E-state index in [0.29, 0.717) is 23.1 Å². The molecule has 3 rings (SSSR count). The number of carboxylic acids is 2. The molecule has 0 aliphatic carbocycles. The van der Waals surface area contributed by atoms with Crippen molar-refractivity contribution in [2.45, 2.75) is 25.4 Å². The van der Waals surface area contributed by atoms with Crippen molar-refractivity contribution in [1.82, 2.24) is 15.3 Å². The summed E-state index contributed by atoms with van der Waals surface area (Å²) in [6.45, 7) is 0.404. The molecule has 0 saturated heterocycles. The van der Waals surface area contributed by atoms with E-state index in [1.54, 1.807) is 24.3 Å². The summed E-state index contributed by atoms with van der Waals surface area (Å²) in [7, 11) is 0. The van der Waals surface area contributed by atoms with Crippen molar-refractivity contribution >= 4 is 40.4 Å². The highest BCUT2D eigenvalue weighted by Crippen LogP contribution is 2.15. The molecule has 0 aliphatic rings. The number of fused-ring (bicyclic) bond motifs is 1. The number of H-pyrrole nitrogens is 1. The van der Waals surface area contributed by atoms with Gasteiger partial charge in [0.2, 0.25) is 5.95 Å². The first kappa shape index (κ1) is 22.3. The molecule has 1 atom stereocenters. The minimum Gasteiger partial charge on any atom is -0.481 e. The molecule has 0 fully saturated rings. The standard InChI is InChI=1S/C21H21N5O6/c22-21-25-15-6-1-11(9-14(15)19(30)26-21)10-23-13-4-2-12(3-5-13)18(29)24-16(20(31)32)7-8-17(27)28/h1-6,9,16,23H,7-8,10H2,(H,24,29)(H,27,28)(H,31,32)(H3,22,25,26,30)/t16-/m1/s1. The number of hydrogen-bond donors (Lipinski definition) is 6. The van der Waals surface area contributed by atoms with Gasteiger partial charge in [0.1, 0.15) is 6.04 Å². The number of rotatable bonds is 9. The van der Waals surface area contributed by atoms with Gasteiger partial charge in [-0.05, 0) is 48.4 Å². The average molecular weight is 439 g/mol. The predicted octanol–water partition coefficient (Wildman–Crippen LogP) is 1.17. The summed E-state index contributed by atoms with van der Waals surface area (Å²) in [5, 5.41) is 23.8. The fourth-order valence-corrected chi connectivity index (χ4v) is 3.02. The first-order valence-electron chi connectivity index (χ1n) is 9.61. The molecule has 1 amide bonds. The number of amides is 1. The van der Waals surface area contributed by atoms with Gasteiger partial charge in [-0.2, -0.15) is 0 Å². The van der Waals surface area contributed by atoms with E-state index in [1.807, 2.05) is 6.07 Å². The Morgan fingerprint density at radius 3 is 2.47 bits per heavy atom. The van der Waals surface area contributed by atoms with Crippen LogP contribution in [0.4, 0.5) is 11.6 Å². The van der Waals surface area contributed by atoms with E-state index < -0.39 is 23.9 Å². The maximum absolute atomic E-state index is 12.3. The van der Waals surface area contributed by atoms with Gasteiger partial charge in [-0.1, -0.05) is 6.07 Å². The number of hydrogen-bond acceptors (Lipinski definition) is 7. The number of nitrogens with one attached hydrogen (secondary N) is 3. The molecule has 0 bridgehead atoms. The number of nitrogens with two attached hydrogens (primary N) is 1. The number of nitrogens with zero attached hydrogens (tertiary/aromatic N) is 1. The monoisotopic (exact) mass is 439 g/mol. The number of anilines is 2. The van der Waals surface area contributed by atoms with Crippen molar-refractivity contribution in [3.05, 3.63) is 63.9 Å². The van der Waals surface area contributed by atoms with Crippen molar-refractivity contribution in [2.75, 3.05) is 11.1 Å². The number of nitrogen functional groups attached to an aromatic ring is 1. The Morgan fingerprint density at radius 1 is 1.09 bits per heavy atom. The van der Waals surface area contributed by atoms with Gasteiger partial charge in [0.25, 0.3) is 11.5 Å². The average Bonchev–Trinajstić information content (AvgIpc) is 2.75. The zero-order chi connectivity index (χ0) is 23.3. The zero-order valence-corrected chi connectivity index (χ0v) is 16.8. The molecule has 3 aromatic rings. The molecule has 1 aromatic heterocycles. The second kappa shape index (κ2) is 9.60. The predicted molar refractivity (Wildman–Crippen MR) is 116 cm³/mol. The van der Waals surface area contributed by atoms with Crippen molar-refractivity contribution in [2.24, 2.45) is 0 Å². The molecule has 11 heteroatoms. The molecule has 166 valence electrons. The highest BCUT2D eigenvalue weighted by molar-refractivity contribution is 5.97. The van der Waals surface area contributed by atoms with Crippen molar-refractivity contribution < 1.29 is 24.6 Å². The van der Waals surface area contributed by atoms with Gasteiger partial charge >= 0.3 is 11.9 Å². The Labute approximate surface area is 181 Å². The Bertz CT molecular complexity index is 1220. The SMILES string of the molecule is Nc1nc2ccc(CNc3ccc(C(=O)N[C@H](CCC(=O)O)C(=O)O)cc3)cc2c(=O)[nH]1. The molecule has 32 heavy (non-hydrogen) atoms. The van der Waals surface area contributed by atoms with Gasteiger partial charge in [-0.25, -0.2) is 9.78 Å². The molecular formula is C21H21N5O6. The van der Waals surface area contributed by atoms with Crippen LogP contribution >= 0.6 is 0 Å². The minimum absolute atomic E-state index is 0.0501.